The number of benzene rings is 1. The molecule has 0 aliphatic carbocycles. The van der Waals surface area contributed by atoms with Crippen molar-refractivity contribution in [2.45, 2.75) is 25.7 Å². The molecule has 0 radical (unpaired) electrons. The highest BCUT2D eigenvalue weighted by atomic mass is 16.2. The van der Waals surface area contributed by atoms with Crippen molar-refractivity contribution in [2.75, 3.05) is 18.8 Å². The second-order valence-corrected chi connectivity index (χ2v) is 5.41. The third-order valence-corrected chi connectivity index (χ3v) is 3.89. The molecule has 5 heteroatoms. The van der Waals surface area contributed by atoms with Crippen molar-refractivity contribution in [1.29, 1.82) is 0 Å². The second-order valence-electron chi connectivity index (χ2n) is 5.41. The molecule has 1 aliphatic rings. The number of amides is 1. The molecule has 2 aromatic rings. The minimum Gasteiger partial charge on any atom is -0.397 e. The Morgan fingerprint density at radius 3 is 2.48 bits per heavy atom. The summed E-state index contributed by atoms with van der Waals surface area (Å²) in [6, 6.07) is 9.27. The first-order chi connectivity index (χ1) is 10.3. The monoisotopic (exact) mass is 284 g/mol. The van der Waals surface area contributed by atoms with E-state index in [4.69, 9.17) is 5.73 Å². The standard InChI is InChI=1S/C16H20N4O/c17-13-7-3-4-8-15(13)20-12-9-14(18-20)16(21)19-10-5-1-2-6-11-19/h3-4,7-9,12H,1-2,5-6,10-11,17H2. The van der Waals surface area contributed by atoms with Gasteiger partial charge in [-0.15, -0.1) is 0 Å². The van der Waals surface area contributed by atoms with Crippen LogP contribution < -0.4 is 5.73 Å². The Kier molecular flexibility index (Phi) is 3.90. The maximum Gasteiger partial charge on any atom is 0.274 e. The fourth-order valence-corrected chi connectivity index (χ4v) is 2.70. The zero-order valence-corrected chi connectivity index (χ0v) is 12.0. The summed E-state index contributed by atoms with van der Waals surface area (Å²) in [5.41, 5.74) is 7.88. The number of hydrogen-bond acceptors (Lipinski definition) is 3. The lowest BCUT2D eigenvalue weighted by atomic mass is 10.2. The van der Waals surface area contributed by atoms with Gasteiger partial charge in [-0.25, -0.2) is 4.68 Å². The van der Waals surface area contributed by atoms with Crippen molar-refractivity contribution in [2.24, 2.45) is 0 Å². The Balaban J connectivity index is 1.81. The number of nitrogens with two attached hydrogens (primary N) is 1. The van der Waals surface area contributed by atoms with Crippen molar-refractivity contribution in [1.82, 2.24) is 14.7 Å². The lowest BCUT2D eigenvalue weighted by molar-refractivity contribution is 0.0755. The van der Waals surface area contributed by atoms with E-state index in [0.29, 0.717) is 11.4 Å². The van der Waals surface area contributed by atoms with Crippen LogP contribution in [0.1, 0.15) is 36.2 Å². The molecule has 1 amide bonds. The number of nitrogens with zero attached hydrogens (tertiary/aromatic N) is 3. The normalized spacial score (nSPS) is 15.7. The van der Waals surface area contributed by atoms with Gasteiger partial charge in [0.1, 0.15) is 0 Å². The van der Waals surface area contributed by atoms with Gasteiger partial charge in [0.15, 0.2) is 5.69 Å². The molecule has 3 rings (SSSR count). The van der Waals surface area contributed by atoms with Crippen LogP contribution >= 0.6 is 0 Å². The lowest BCUT2D eigenvalue weighted by Gasteiger charge is -2.18. The number of nitrogen functional groups attached to an aromatic ring is 1. The molecular weight excluding hydrogens is 264 g/mol. The van der Waals surface area contributed by atoms with Crippen molar-refractivity contribution < 1.29 is 4.79 Å². The van der Waals surface area contributed by atoms with Gasteiger partial charge in [0.05, 0.1) is 11.4 Å². The third-order valence-electron chi connectivity index (χ3n) is 3.89. The van der Waals surface area contributed by atoms with Gasteiger partial charge in [-0.1, -0.05) is 25.0 Å². The molecule has 0 atom stereocenters. The first kappa shape index (κ1) is 13.7. The highest BCUT2D eigenvalue weighted by Gasteiger charge is 2.19. The maximum absolute atomic E-state index is 12.5. The summed E-state index contributed by atoms with van der Waals surface area (Å²) in [4.78, 5) is 14.4. The molecule has 1 aromatic carbocycles. The summed E-state index contributed by atoms with van der Waals surface area (Å²) in [6.45, 7) is 1.67. The topological polar surface area (TPSA) is 64.2 Å². The molecule has 1 aromatic heterocycles. The molecule has 2 N–H and O–H groups in total. The summed E-state index contributed by atoms with van der Waals surface area (Å²) in [6.07, 6.45) is 6.37. The molecule has 0 unspecified atom stereocenters. The molecule has 110 valence electrons. The van der Waals surface area contributed by atoms with E-state index in [1.807, 2.05) is 29.2 Å². The van der Waals surface area contributed by atoms with Gasteiger partial charge in [0.2, 0.25) is 0 Å². The van der Waals surface area contributed by atoms with Crippen LogP contribution in [0, 0.1) is 0 Å². The summed E-state index contributed by atoms with van der Waals surface area (Å²) in [7, 11) is 0. The van der Waals surface area contributed by atoms with E-state index in [1.54, 1.807) is 16.9 Å². The second kappa shape index (κ2) is 5.99. The van der Waals surface area contributed by atoms with Crippen molar-refractivity contribution in [3.63, 3.8) is 0 Å². The SMILES string of the molecule is Nc1ccccc1-n1ccc(C(=O)N2CCCCCC2)n1. The van der Waals surface area contributed by atoms with Crippen molar-refractivity contribution >= 4 is 11.6 Å². The van der Waals surface area contributed by atoms with Gasteiger partial charge in [0.25, 0.3) is 5.91 Å². The smallest absolute Gasteiger partial charge is 0.274 e. The lowest BCUT2D eigenvalue weighted by Crippen LogP contribution is -2.32. The molecule has 21 heavy (non-hydrogen) atoms. The first-order valence-electron chi connectivity index (χ1n) is 7.45. The number of rotatable bonds is 2. The van der Waals surface area contributed by atoms with Gasteiger partial charge in [-0.3, -0.25) is 4.79 Å². The Morgan fingerprint density at radius 1 is 1.05 bits per heavy atom. The Labute approximate surface area is 124 Å². The van der Waals surface area contributed by atoms with Crippen molar-refractivity contribution in [3.05, 3.63) is 42.2 Å². The van der Waals surface area contributed by atoms with Gasteiger partial charge in [0, 0.05) is 19.3 Å². The average molecular weight is 284 g/mol. The van der Waals surface area contributed by atoms with Crippen LogP contribution in [0.4, 0.5) is 5.69 Å². The van der Waals surface area contributed by atoms with E-state index in [1.165, 1.54) is 12.8 Å². The molecule has 5 nitrogen and oxygen atoms in total. The van der Waals surface area contributed by atoms with Crippen LogP contribution in [0.5, 0.6) is 0 Å². The van der Waals surface area contributed by atoms with Crippen LogP contribution in [0.3, 0.4) is 0 Å². The first-order valence-corrected chi connectivity index (χ1v) is 7.45. The van der Waals surface area contributed by atoms with Crippen LogP contribution in [-0.4, -0.2) is 33.7 Å². The number of likely N-dealkylation sites (tertiary alicyclic amines) is 1. The number of anilines is 1. The number of carbonyl (C=O) groups is 1. The zero-order valence-electron chi connectivity index (χ0n) is 12.0. The molecule has 0 saturated carbocycles. The van der Waals surface area contributed by atoms with Gasteiger partial charge in [-0.05, 0) is 31.0 Å². The van der Waals surface area contributed by atoms with E-state index in [0.717, 1.165) is 31.6 Å². The van der Waals surface area contributed by atoms with E-state index >= 15 is 0 Å². The molecule has 1 aliphatic heterocycles. The predicted molar refractivity (Wildman–Crippen MR) is 82.3 cm³/mol. The molecule has 0 spiro atoms. The van der Waals surface area contributed by atoms with Gasteiger partial charge < -0.3 is 10.6 Å². The Hall–Kier alpha value is -2.30. The highest BCUT2D eigenvalue weighted by Crippen LogP contribution is 2.17. The highest BCUT2D eigenvalue weighted by molar-refractivity contribution is 5.92. The van der Waals surface area contributed by atoms with Gasteiger partial charge >= 0.3 is 0 Å². The number of aromatic nitrogens is 2. The molecule has 1 saturated heterocycles. The Morgan fingerprint density at radius 2 is 1.76 bits per heavy atom. The molecule has 1 fully saturated rings. The fourth-order valence-electron chi connectivity index (χ4n) is 2.70. The van der Waals surface area contributed by atoms with Crippen molar-refractivity contribution in [3.8, 4) is 5.69 Å². The maximum atomic E-state index is 12.5. The molecule has 2 heterocycles. The average Bonchev–Trinajstić information content (AvgIpc) is 2.82. The fraction of sp³-hybridized carbons (Fsp3) is 0.375. The predicted octanol–water partition coefficient (Wildman–Crippen LogP) is 2.47. The summed E-state index contributed by atoms with van der Waals surface area (Å²) in [5, 5.41) is 4.39. The van der Waals surface area contributed by atoms with Crippen LogP contribution in [0.25, 0.3) is 5.69 Å². The molecule has 0 bridgehead atoms. The van der Waals surface area contributed by atoms with E-state index in [9.17, 15) is 4.79 Å². The van der Waals surface area contributed by atoms with Crippen LogP contribution in [-0.2, 0) is 0 Å². The summed E-state index contributed by atoms with van der Waals surface area (Å²) < 4.78 is 1.67. The minimum atomic E-state index is 0.0187. The van der Waals surface area contributed by atoms with E-state index in [2.05, 4.69) is 5.10 Å². The summed E-state index contributed by atoms with van der Waals surface area (Å²) >= 11 is 0. The third kappa shape index (κ3) is 2.91. The van der Waals surface area contributed by atoms with E-state index < -0.39 is 0 Å². The van der Waals surface area contributed by atoms with E-state index in [-0.39, 0.29) is 5.91 Å². The Bertz CT molecular complexity index is 627. The number of carbonyl (C=O) groups excluding carboxylic acids is 1. The number of para-hydroxylation sites is 2. The minimum absolute atomic E-state index is 0.0187. The quantitative estimate of drug-likeness (QED) is 0.862. The molecular formula is C16H20N4O. The van der Waals surface area contributed by atoms with Crippen LogP contribution in [0.15, 0.2) is 36.5 Å². The van der Waals surface area contributed by atoms with Gasteiger partial charge in [-0.2, -0.15) is 5.10 Å². The number of hydrogen-bond donors (Lipinski definition) is 1. The largest absolute Gasteiger partial charge is 0.397 e. The van der Waals surface area contributed by atoms with Crippen LogP contribution in [0.2, 0.25) is 0 Å². The summed E-state index contributed by atoms with van der Waals surface area (Å²) in [5.74, 6) is 0.0187. The zero-order chi connectivity index (χ0) is 14.7.